The highest BCUT2D eigenvalue weighted by molar-refractivity contribution is 5.89. The molecular weight excluding hydrogens is 160 g/mol. The van der Waals surface area contributed by atoms with Gasteiger partial charge in [-0.05, 0) is 0 Å². The Morgan fingerprint density at radius 1 is 1.58 bits per heavy atom. The zero-order valence-electron chi connectivity index (χ0n) is 5.89. The summed E-state index contributed by atoms with van der Waals surface area (Å²) in [7, 11) is 0. The van der Waals surface area contributed by atoms with Gasteiger partial charge in [-0.3, -0.25) is 0 Å². The van der Waals surface area contributed by atoms with E-state index in [1.165, 1.54) is 18.6 Å². The standard InChI is InChI=1S/C7H4N2O3/c10-7(11)5-1-4-2-8-3-9-6(4)12-5/h1-3H,(H,10,11). The first-order valence-corrected chi connectivity index (χ1v) is 3.20. The van der Waals surface area contributed by atoms with Crippen molar-refractivity contribution in [3.8, 4) is 0 Å². The topological polar surface area (TPSA) is 76.2 Å². The van der Waals surface area contributed by atoms with Crippen LogP contribution in [0, 0.1) is 0 Å². The lowest BCUT2D eigenvalue weighted by Crippen LogP contribution is -1.91. The molecule has 5 heteroatoms. The minimum Gasteiger partial charge on any atom is -0.475 e. The van der Waals surface area contributed by atoms with E-state index in [-0.39, 0.29) is 5.76 Å². The Bertz CT molecular complexity index is 402. The summed E-state index contributed by atoms with van der Waals surface area (Å²) in [6, 6.07) is 1.39. The van der Waals surface area contributed by atoms with E-state index in [1.54, 1.807) is 0 Å². The molecule has 0 spiro atoms. The minimum atomic E-state index is -1.10. The van der Waals surface area contributed by atoms with Gasteiger partial charge in [0, 0.05) is 12.3 Å². The molecule has 60 valence electrons. The van der Waals surface area contributed by atoms with Crippen molar-refractivity contribution in [3.05, 3.63) is 24.4 Å². The first-order chi connectivity index (χ1) is 5.77. The van der Waals surface area contributed by atoms with Crippen molar-refractivity contribution >= 4 is 17.1 Å². The molecule has 0 saturated carbocycles. The summed E-state index contributed by atoms with van der Waals surface area (Å²) in [6.07, 6.45) is 2.80. The lowest BCUT2D eigenvalue weighted by molar-refractivity contribution is 0.0664. The van der Waals surface area contributed by atoms with Crippen LogP contribution >= 0.6 is 0 Å². The first-order valence-electron chi connectivity index (χ1n) is 3.20. The van der Waals surface area contributed by atoms with Gasteiger partial charge in [-0.15, -0.1) is 0 Å². The van der Waals surface area contributed by atoms with Gasteiger partial charge in [-0.1, -0.05) is 0 Å². The number of aromatic nitrogens is 2. The molecule has 0 unspecified atom stereocenters. The maximum atomic E-state index is 10.4. The molecule has 0 saturated heterocycles. The summed E-state index contributed by atoms with van der Waals surface area (Å²) < 4.78 is 4.88. The Hall–Kier alpha value is -1.91. The van der Waals surface area contributed by atoms with Gasteiger partial charge in [0.2, 0.25) is 11.5 Å². The van der Waals surface area contributed by atoms with E-state index in [0.717, 1.165) is 0 Å². The number of fused-ring (bicyclic) bond motifs is 1. The second kappa shape index (κ2) is 2.30. The lowest BCUT2D eigenvalue weighted by atomic mass is 10.4. The van der Waals surface area contributed by atoms with Crippen LogP contribution in [0.15, 0.2) is 23.0 Å². The van der Waals surface area contributed by atoms with E-state index in [4.69, 9.17) is 9.52 Å². The van der Waals surface area contributed by atoms with Gasteiger partial charge in [0.25, 0.3) is 0 Å². The number of carboxylic acid groups (broad SMARTS) is 1. The molecular formula is C7H4N2O3. The fraction of sp³-hybridized carbons (Fsp3) is 0. The van der Waals surface area contributed by atoms with E-state index in [9.17, 15) is 4.79 Å². The highest BCUT2D eigenvalue weighted by Crippen LogP contribution is 2.14. The molecule has 0 radical (unpaired) electrons. The van der Waals surface area contributed by atoms with E-state index in [0.29, 0.717) is 11.1 Å². The number of rotatable bonds is 1. The van der Waals surface area contributed by atoms with Crippen LogP contribution in [0.4, 0.5) is 0 Å². The molecule has 12 heavy (non-hydrogen) atoms. The number of hydrogen-bond donors (Lipinski definition) is 1. The lowest BCUT2D eigenvalue weighted by Gasteiger charge is -1.82. The third-order valence-electron chi connectivity index (χ3n) is 1.41. The maximum Gasteiger partial charge on any atom is 0.371 e. The molecule has 2 heterocycles. The quantitative estimate of drug-likeness (QED) is 0.678. The smallest absolute Gasteiger partial charge is 0.371 e. The Morgan fingerprint density at radius 2 is 2.42 bits per heavy atom. The van der Waals surface area contributed by atoms with Gasteiger partial charge >= 0.3 is 5.97 Å². The second-order valence-electron chi connectivity index (χ2n) is 2.20. The summed E-state index contributed by atoms with van der Waals surface area (Å²) in [5.41, 5.74) is 0.294. The van der Waals surface area contributed by atoms with Crippen molar-refractivity contribution < 1.29 is 14.3 Å². The minimum absolute atomic E-state index is 0.120. The number of carboxylic acids is 1. The molecule has 0 amide bonds. The van der Waals surface area contributed by atoms with Crippen LogP contribution in [-0.4, -0.2) is 21.0 Å². The van der Waals surface area contributed by atoms with Crippen LogP contribution in [0.25, 0.3) is 11.1 Å². The number of furan rings is 1. The molecule has 0 aliphatic heterocycles. The highest BCUT2D eigenvalue weighted by Gasteiger charge is 2.10. The predicted octanol–water partition coefficient (Wildman–Crippen LogP) is 0.921. The largest absolute Gasteiger partial charge is 0.475 e. The molecule has 1 N–H and O–H groups in total. The fourth-order valence-electron chi connectivity index (χ4n) is 0.894. The van der Waals surface area contributed by atoms with Gasteiger partial charge in [-0.2, -0.15) is 0 Å². The zero-order valence-corrected chi connectivity index (χ0v) is 5.89. The summed E-state index contributed by atoms with van der Waals surface area (Å²) >= 11 is 0. The first kappa shape index (κ1) is 6.78. The van der Waals surface area contributed by atoms with Gasteiger partial charge in [0.05, 0.1) is 5.39 Å². The summed E-state index contributed by atoms with van der Waals surface area (Å²) in [4.78, 5) is 17.9. The van der Waals surface area contributed by atoms with Crippen LogP contribution in [0.2, 0.25) is 0 Å². The van der Waals surface area contributed by atoms with Crippen LogP contribution in [0.5, 0.6) is 0 Å². The Kier molecular flexibility index (Phi) is 1.30. The SMILES string of the molecule is O=C(O)c1cc2cncnc2o1. The van der Waals surface area contributed by atoms with Gasteiger partial charge < -0.3 is 9.52 Å². The van der Waals surface area contributed by atoms with Gasteiger partial charge in [-0.25, -0.2) is 14.8 Å². The average Bonchev–Trinajstić information content (AvgIpc) is 2.46. The fourth-order valence-corrected chi connectivity index (χ4v) is 0.894. The van der Waals surface area contributed by atoms with E-state index in [2.05, 4.69) is 9.97 Å². The van der Waals surface area contributed by atoms with Crippen molar-refractivity contribution in [1.29, 1.82) is 0 Å². The summed E-state index contributed by atoms with van der Waals surface area (Å²) in [5.74, 6) is -1.22. The summed E-state index contributed by atoms with van der Waals surface area (Å²) in [5, 5.41) is 9.14. The van der Waals surface area contributed by atoms with Crippen molar-refractivity contribution in [1.82, 2.24) is 9.97 Å². The van der Waals surface area contributed by atoms with Crippen LogP contribution < -0.4 is 0 Å². The summed E-state index contributed by atoms with van der Waals surface area (Å²) in [6.45, 7) is 0. The Labute approximate surface area is 66.7 Å². The number of nitrogens with zero attached hydrogens (tertiary/aromatic N) is 2. The van der Waals surface area contributed by atoms with Crippen LogP contribution in [0.3, 0.4) is 0 Å². The predicted molar refractivity (Wildman–Crippen MR) is 38.8 cm³/mol. The van der Waals surface area contributed by atoms with E-state index in [1.807, 2.05) is 0 Å². The Balaban J connectivity index is 2.70. The van der Waals surface area contributed by atoms with E-state index < -0.39 is 5.97 Å². The van der Waals surface area contributed by atoms with Crippen molar-refractivity contribution in [2.75, 3.05) is 0 Å². The molecule has 5 nitrogen and oxygen atoms in total. The molecule has 2 aromatic heterocycles. The highest BCUT2D eigenvalue weighted by atomic mass is 16.4. The number of carbonyl (C=O) groups is 1. The molecule has 2 rings (SSSR count). The average molecular weight is 164 g/mol. The Morgan fingerprint density at radius 3 is 3.08 bits per heavy atom. The normalized spacial score (nSPS) is 10.3. The third kappa shape index (κ3) is 0.914. The number of hydrogen-bond acceptors (Lipinski definition) is 4. The van der Waals surface area contributed by atoms with Crippen molar-refractivity contribution in [2.24, 2.45) is 0 Å². The van der Waals surface area contributed by atoms with Crippen LogP contribution in [-0.2, 0) is 0 Å². The maximum absolute atomic E-state index is 10.4. The van der Waals surface area contributed by atoms with Crippen molar-refractivity contribution in [3.63, 3.8) is 0 Å². The zero-order chi connectivity index (χ0) is 8.55. The monoisotopic (exact) mass is 164 g/mol. The molecule has 0 atom stereocenters. The van der Waals surface area contributed by atoms with Gasteiger partial charge in [0.15, 0.2) is 0 Å². The van der Waals surface area contributed by atoms with E-state index >= 15 is 0 Å². The second-order valence-corrected chi connectivity index (χ2v) is 2.20. The molecule has 0 aliphatic rings. The van der Waals surface area contributed by atoms with Crippen LogP contribution in [0.1, 0.15) is 10.6 Å². The molecule has 0 aromatic carbocycles. The number of aromatic carboxylic acids is 1. The molecule has 0 bridgehead atoms. The molecule has 2 aromatic rings. The third-order valence-corrected chi connectivity index (χ3v) is 1.41. The van der Waals surface area contributed by atoms with Crippen molar-refractivity contribution in [2.45, 2.75) is 0 Å². The molecule has 0 fully saturated rings. The van der Waals surface area contributed by atoms with Gasteiger partial charge in [0.1, 0.15) is 6.33 Å². The molecule has 0 aliphatic carbocycles.